The third-order valence-corrected chi connectivity index (χ3v) is 7.95. The van der Waals surface area contributed by atoms with Gasteiger partial charge in [-0.1, -0.05) is 36.5 Å². The Labute approximate surface area is 182 Å². The van der Waals surface area contributed by atoms with E-state index in [2.05, 4.69) is 15.0 Å². The summed E-state index contributed by atoms with van der Waals surface area (Å²) in [6, 6.07) is 11.9. The van der Waals surface area contributed by atoms with Crippen LogP contribution >= 0.6 is 22.7 Å². The van der Waals surface area contributed by atoms with E-state index in [-0.39, 0.29) is 27.7 Å². The summed E-state index contributed by atoms with van der Waals surface area (Å²) in [5.41, 5.74) is 0.530. The molecule has 0 aliphatic carbocycles. The smallest absolute Gasteiger partial charge is 0.309 e. The van der Waals surface area contributed by atoms with E-state index in [0.29, 0.717) is 21.7 Å². The number of rotatable bonds is 8. The summed E-state index contributed by atoms with van der Waals surface area (Å²) >= 11 is 2.16. The third kappa shape index (κ3) is 5.43. The first-order valence-electron chi connectivity index (χ1n) is 8.91. The number of thiophene rings is 1. The van der Waals surface area contributed by atoms with Crippen LogP contribution in [0.15, 0.2) is 46.7 Å². The first-order valence-corrected chi connectivity index (χ1v) is 12.0. The van der Waals surface area contributed by atoms with Gasteiger partial charge in [0.2, 0.25) is 11.0 Å². The minimum absolute atomic E-state index is 0.0914. The van der Waals surface area contributed by atoms with E-state index in [1.165, 1.54) is 13.0 Å². The number of ether oxygens (including phenoxy) is 1. The molecule has 2 N–H and O–H groups in total. The summed E-state index contributed by atoms with van der Waals surface area (Å²) in [5.74, 6) is -0.646. The minimum atomic E-state index is -3.86. The fourth-order valence-electron chi connectivity index (χ4n) is 2.44. The molecule has 0 fully saturated rings. The lowest BCUT2D eigenvalue weighted by molar-refractivity contribution is -0.132. The molecule has 0 saturated heterocycles. The number of aryl methyl sites for hydroxylation is 1. The van der Waals surface area contributed by atoms with Gasteiger partial charge in [0.25, 0.3) is 15.9 Å². The Hall–Kier alpha value is -2.76. The highest BCUT2D eigenvalue weighted by Gasteiger charge is 2.21. The van der Waals surface area contributed by atoms with Crippen LogP contribution in [0.3, 0.4) is 0 Å². The van der Waals surface area contributed by atoms with E-state index in [9.17, 15) is 18.0 Å². The van der Waals surface area contributed by atoms with Gasteiger partial charge in [0, 0.05) is 17.4 Å². The molecule has 2 heterocycles. The first-order chi connectivity index (χ1) is 14.3. The number of aromatic nitrogens is 1. The standard InChI is InChI=1S/C19H19N3O5S3/c1-3-15-18(27-12(2)23)21-19(29-15)22-30(25,26)16-10-9-14(28-16)11-20-17(24)13-7-5-4-6-8-13/h4-10H,3,11H2,1-2H3,(H,20,24)(H,21,22). The van der Waals surface area contributed by atoms with Crippen LogP contribution in [0, 0.1) is 0 Å². The van der Waals surface area contributed by atoms with Gasteiger partial charge in [-0.3, -0.25) is 14.3 Å². The number of esters is 1. The molecule has 0 aliphatic heterocycles. The van der Waals surface area contributed by atoms with Gasteiger partial charge in [-0.25, -0.2) is 8.42 Å². The van der Waals surface area contributed by atoms with Gasteiger partial charge in [-0.15, -0.1) is 11.3 Å². The number of nitrogens with one attached hydrogen (secondary N) is 2. The zero-order chi connectivity index (χ0) is 21.7. The van der Waals surface area contributed by atoms with E-state index < -0.39 is 16.0 Å². The molecule has 1 aromatic carbocycles. The molecule has 0 bridgehead atoms. The molecule has 8 nitrogen and oxygen atoms in total. The molecule has 3 aromatic rings. The van der Waals surface area contributed by atoms with Crippen LogP contribution < -0.4 is 14.8 Å². The number of amides is 1. The summed E-state index contributed by atoms with van der Waals surface area (Å²) in [6.07, 6.45) is 0.548. The molecule has 11 heteroatoms. The van der Waals surface area contributed by atoms with Gasteiger partial charge in [-0.05, 0) is 30.7 Å². The second-order valence-electron chi connectivity index (χ2n) is 6.07. The number of anilines is 1. The van der Waals surface area contributed by atoms with Gasteiger partial charge >= 0.3 is 5.97 Å². The van der Waals surface area contributed by atoms with Crippen molar-refractivity contribution < 1.29 is 22.7 Å². The van der Waals surface area contributed by atoms with Crippen LogP contribution in [0.4, 0.5) is 5.13 Å². The topological polar surface area (TPSA) is 114 Å². The molecule has 1 amide bonds. The van der Waals surface area contributed by atoms with Crippen molar-refractivity contribution in [3.05, 3.63) is 57.8 Å². The largest absolute Gasteiger partial charge is 0.406 e. The molecule has 0 aliphatic rings. The van der Waals surface area contributed by atoms with Crippen molar-refractivity contribution in [1.29, 1.82) is 0 Å². The number of nitrogens with zero attached hydrogens (tertiary/aromatic N) is 1. The molecule has 0 unspecified atom stereocenters. The summed E-state index contributed by atoms with van der Waals surface area (Å²) in [7, 11) is -3.86. The number of hydrogen-bond donors (Lipinski definition) is 2. The monoisotopic (exact) mass is 465 g/mol. The summed E-state index contributed by atoms with van der Waals surface area (Å²) in [5, 5.41) is 2.88. The fraction of sp³-hybridized carbons (Fsp3) is 0.211. The van der Waals surface area contributed by atoms with Crippen molar-refractivity contribution in [3.8, 4) is 5.88 Å². The van der Waals surface area contributed by atoms with Crippen molar-refractivity contribution in [2.45, 2.75) is 31.0 Å². The average Bonchev–Trinajstić information content (AvgIpc) is 3.33. The molecule has 0 saturated carbocycles. The van der Waals surface area contributed by atoms with E-state index >= 15 is 0 Å². The Kier molecular flexibility index (Phi) is 6.85. The average molecular weight is 466 g/mol. The predicted molar refractivity (Wildman–Crippen MR) is 116 cm³/mol. The molecule has 0 atom stereocenters. The fourth-order valence-corrected chi connectivity index (χ4v) is 5.80. The second-order valence-corrected chi connectivity index (χ2v) is 10.2. The van der Waals surface area contributed by atoms with Gasteiger partial charge in [0.1, 0.15) is 4.21 Å². The van der Waals surface area contributed by atoms with Crippen LogP contribution in [-0.4, -0.2) is 25.3 Å². The summed E-state index contributed by atoms with van der Waals surface area (Å²) in [6.45, 7) is 3.32. The van der Waals surface area contributed by atoms with Crippen molar-refractivity contribution in [2.24, 2.45) is 0 Å². The van der Waals surface area contributed by atoms with E-state index in [1.54, 1.807) is 30.3 Å². The van der Waals surface area contributed by atoms with Crippen LogP contribution in [0.25, 0.3) is 0 Å². The molecule has 158 valence electrons. The molecule has 3 rings (SSSR count). The SMILES string of the molecule is CCc1sc(NS(=O)(=O)c2ccc(CNC(=O)c3ccccc3)s2)nc1OC(C)=O. The zero-order valence-corrected chi connectivity index (χ0v) is 18.6. The van der Waals surface area contributed by atoms with Gasteiger partial charge in [0.15, 0.2) is 0 Å². The Morgan fingerprint density at radius 1 is 1.10 bits per heavy atom. The number of carbonyl (C=O) groups is 2. The maximum Gasteiger partial charge on any atom is 0.309 e. The highest BCUT2D eigenvalue weighted by Crippen LogP contribution is 2.32. The Morgan fingerprint density at radius 2 is 1.83 bits per heavy atom. The minimum Gasteiger partial charge on any atom is -0.406 e. The van der Waals surface area contributed by atoms with Crippen LogP contribution in [-0.2, 0) is 27.8 Å². The van der Waals surface area contributed by atoms with Crippen LogP contribution in [0.5, 0.6) is 5.88 Å². The van der Waals surface area contributed by atoms with Gasteiger partial charge < -0.3 is 10.1 Å². The van der Waals surface area contributed by atoms with E-state index in [0.717, 1.165) is 22.7 Å². The number of benzene rings is 1. The lowest BCUT2D eigenvalue weighted by Gasteiger charge is -2.04. The molecular formula is C19H19N3O5S3. The summed E-state index contributed by atoms with van der Waals surface area (Å²) < 4.78 is 32.9. The van der Waals surface area contributed by atoms with E-state index in [1.807, 2.05) is 13.0 Å². The molecular weight excluding hydrogens is 446 g/mol. The maximum absolute atomic E-state index is 12.7. The van der Waals surface area contributed by atoms with Gasteiger partial charge in [-0.2, -0.15) is 4.98 Å². The number of carbonyl (C=O) groups excluding carboxylic acids is 2. The Morgan fingerprint density at radius 3 is 2.50 bits per heavy atom. The second kappa shape index (κ2) is 9.37. The normalized spacial score (nSPS) is 11.1. The number of thiazole rings is 1. The quantitative estimate of drug-likeness (QED) is 0.493. The van der Waals surface area contributed by atoms with Crippen molar-refractivity contribution in [2.75, 3.05) is 4.72 Å². The number of sulfonamides is 1. The summed E-state index contributed by atoms with van der Waals surface area (Å²) in [4.78, 5) is 28.7. The lowest BCUT2D eigenvalue weighted by atomic mass is 10.2. The highest BCUT2D eigenvalue weighted by molar-refractivity contribution is 7.94. The molecule has 30 heavy (non-hydrogen) atoms. The van der Waals surface area contributed by atoms with Crippen molar-refractivity contribution in [3.63, 3.8) is 0 Å². The van der Waals surface area contributed by atoms with Crippen molar-refractivity contribution in [1.82, 2.24) is 10.3 Å². The van der Waals surface area contributed by atoms with Crippen molar-refractivity contribution >= 4 is 49.7 Å². The number of hydrogen-bond acceptors (Lipinski definition) is 8. The molecule has 2 aromatic heterocycles. The molecule has 0 radical (unpaired) electrons. The Balaban J connectivity index is 1.67. The lowest BCUT2D eigenvalue weighted by Crippen LogP contribution is -2.22. The zero-order valence-electron chi connectivity index (χ0n) is 16.2. The third-order valence-electron chi connectivity index (χ3n) is 3.81. The first kappa shape index (κ1) is 21.9. The van der Waals surface area contributed by atoms with E-state index in [4.69, 9.17) is 4.74 Å². The maximum atomic E-state index is 12.7. The van der Waals surface area contributed by atoms with Crippen LogP contribution in [0.2, 0.25) is 0 Å². The van der Waals surface area contributed by atoms with Crippen LogP contribution in [0.1, 0.15) is 34.0 Å². The highest BCUT2D eigenvalue weighted by atomic mass is 32.2. The predicted octanol–water partition coefficient (Wildman–Crippen LogP) is 3.42. The molecule has 0 spiro atoms. The Bertz CT molecular complexity index is 1150. The van der Waals surface area contributed by atoms with Gasteiger partial charge in [0.05, 0.1) is 11.4 Å².